The molecule has 1 N–H and O–H groups in total. The SMILES string of the molecule is CN1C(=O)N[CH-]c2ccccc21.[Rb+]. The summed E-state index contributed by atoms with van der Waals surface area (Å²) in [7, 11) is 1.75. The number of fused-ring (bicyclic) bond motifs is 1. The van der Waals surface area contributed by atoms with Crippen LogP contribution < -0.4 is 68.4 Å². The van der Waals surface area contributed by atoms with Crippen molar-refractivity contribution >= 4 is 11.7 Å². The molecular weight excluding hydrogens is 238 g/mol. The topological polar surface area (TPSA) is 32.3 Å². The molecule has 1 aliphatic rings. The summed E-state index contributed by atoms with van der Waals surface area (Å²) in [4.78, 5) is 12.7. The molecule has 1 aliphatic heterocycles. The van der Waals surface area contributed by atoms with Crippen LogP contribution in [0.1, 0.15) is 5.56 Å². The number of carbonyl (C=O) groups is 1. The zero-order chi connectivity index (χ0) is 8.55. The minimum Gasteiger partial charge on any atom is -0.368 e. The first-order chi connectivity index (χ1) is 5.79. The molecule has 3 nitrogen and oxygen atoms in total. The summed E-state index contributed by atoms with van der Waals surface area (Å²) in [5.74, 6) is 0. The van der Waals surface area contributed by atoms with Crippen LogP contribution in [0.4, 0.5) is 10.5 Å². The standard InChI is InChI=1S/C9H9N2O.Rb/c1-11-8-5-3-2-4-7(8)6-10-9(11)12;/h2-6H,1H3,(H,10,12);/q-1;+1. The third kappa shape index (κ3) is 2.15. The zero-order valence-corrected chi connectivity index (χ0v) is 12.7. The Morgan fingerprint density at radius 2 is 2.08 bits per heavy atom. The maximum atomic E-state index is 11.1. The molecule has 0 aliphatic carbocycles. The Morgan fingerprint density at radius 3 is 2.85 bits per heavy atom. The van der Waals surface area contributed by atoms with E-state index in [2.05, 4.69) is 5.32 Å². The number of anilines is 1. The van der Waals surface area contributed by atoms with Crippen LogP contribution in [0.5, 0.6) is 0 Å². The zero-order valence-electron chi connectivity index (χ0n) is 7.74. The van der Waals surface area contributed by atoms with Gasteiger partial charge in [-0.1, -0.05) is 24.4 Å². The third-order valence-electron chi connectivity index (χ3n) is 1.95. The van der Waals surface area contributed by atoms with Crippen molar-refractivity contribution in [1.82, 2.24) is 5.32 Å². The van der Waals surface area contributed by atoms with Gasteiger partial charge in [-0.05, 0) is 0 Å². The van der Waals surface area contributed by atoms with E-state index in [-0.39, 0.29) is 64.2 Å². The fourth-order valence-corrected chi connectivity index (χ4v) is 1.26. The van der Waals surface area contributed by atoms with E-state index in [1.165, 1.54) is 0 Å². The molecule has 1 aromatic rings. The number of amides is 2. The minimum absolute atomic E-state index is 0. The van der Waals surface area contributed by atoms with Gasteiger partial charge in [0.1, 0.15) is 0 Å². The van der Waals surface area contributed by atoms with Gasteiger partial charge in [0.15, 0.2) is 0 Å². The second-order valence-corrected chi connectivity index (χ2v) is 2.71. The molecule has 0 unspecified atom stereocenters. The molecule has 2 amide bonds. The number of para-hydroxylation sites is 1. The molecule has 0 atom stereocenters. The van der Waals surface area contributed by atoms with Crippen LogP contribution in [0.3, 0.4) is 0 Å². The van der Waals surface area contributed by atoms with Crippen molar-refractivity contribution in [1.29, 1.82) is 0 Å². The summed E-state index contributed by atoms with van der Waals surface area (Å²) in [6.45, 7) is 1.72. The maximum Gasteiger partial charge on any atom is 1.00 e. The first-order valence-electron chi connectivity index (χ1n) is 3.75. The van der Waals surface area contributed by atoms with Crippen molar-refractivity contribution in [3.05, 3.63) is 36.4 Å². The van der Waals surface area contributed by atoms with E-state index < -0.39 is 0 Å². The first-order valence-corrected chi connectivity index (χ1v) is 3.75. The van der Waals surface area contributed by atoms with Gasteiger partial charge in [0.2, 0.25) is 0 Å². The predicted octanol–water partition coefficient (Wildman–Crippen LogP) is -1.64. The summed E-state index contributed by atoms with van der Waals surface area (Å²) in [6.07, 6.45) is 0. The Kier molecular flexibility index (Phi) is 3.97. The molecule has 0 saturated heterocycles. The van der Waals surface area contributed by atoms with E-state index in [0.29, 0.717) is 0 Å². The summed E-state index contributed by atoms with van der Waals surface area (Å²) in [6, 6.07) is 7.66. The van der Waals surface area contributed by atoms with Gasteiger partial charge in [0.05, 0.1) is 0 Å². The number of hydrogen-bond donors (Lipinski definition) is 1. The number of nitrogens with zero attached hydrogens (tertiary/aromatic N) is 1. The fraction of sp³-hybridized carbons (Fsp3) is 0.111. The fourth-order valence-electron chi connectivity index (χ4n) is 1.26. The van der Waals surface area contributed by atoms with Crippen LogP contribution in [-0.4, -0.2) is 13.1 Å². The molecule has 4 heteroatoms. The molecule has 1 aromatic carbocycles. The Morgan fingerprint density at radius 1 is 1.38 bits per heavy atom. The van der Waals surface area contributed by atoms with Gasteiger partial charge in [-0.2, -0.15) is 6.07 Å². The minimum atomic E-state index is -0.0892. The number of hydrogen-bond acceptors (Lipinski definition) is 1. The van der Waals surface area contributed by atoms with E-state index in [9.17, 15) is 4.79 Å². The van der Waals surface area contributed by atoms with Crippen LogP contribution in [0.25, 0.3) is 0 Å². The number of benzene rings is 1. The molecule has 0 radical (unpaired) electrons. The van der Waals surface area contributed by atoms with E-state index in [4.69, 9.17) is 0 Å². The molecule has 0 fully saturated rings. The Labute approximate surface area is 126 Å². The van der Waals surface area contributed by atoms with Gasteiger partial charge < -0.3 is 10.2 Å². The van der Waals surface area contributed by atoms with Gasteiger partial charge >= 0.3 is 64.2 Å². The number of rotatable bonds is 0. The smallest absolute Gasteiger partial charge is 0.368 e. The maximum absolute atomic E-state index is 11.1. The number of urea groups is 1. The van der Waals surface area contributed by atoms with Crippen LogP contribution >= 0.6 is 0 Å². The van der Waals surface area contributed by atoms with Crippen molar-refractivity contribution < 1.29 is 63.0 Å². The quantitative estimate of drug-likeness (QED) is 0.548. The normalized spacial score (nSPS) is 13.6. The van der Waals surface area contributed by atoms with Crippen molar-refractivity contribution in [2.45, 2.75) is 0 Å². The van der Waals surface area contributed by atoms with Crippen LogP contribution in [0.15, 0.2) is 24.3 Å². The number of carbonyl (C=O) groups excluding carboxylic acids is 1. The predicted molar refractivity (Wildman–Crippen MR) is 46.8 cm³/mol. The van der Waals surface area contributed by atoms with E-state index in [1.807, 2.05) is 24.3 Å². The molecule has 13 heavy (non-hydrogen) atoms. The van der Waals surface area contributed by atoms with Crippen LogP contribution in [0.2, 0.25) is 0 Å². The van der Waals surface area contributed by atoms with Crippen molar-refractivity contribution in [3.63, 3.8) is 0 Å². The van der Waals surface area contributed by atoms with Crippen LogP contribution in [-0.2, 0) is 0 Å². The Balaban J connectivity index is 0.000000845. The van der Waals surface area contributed by atoms with E-state index >= 15 is 0 Å². The Bertz CT molecular complexity index is 327. The summed E-state index contributed by atoms with van der Waals surface area (Å²) >= 11 is 0. The van der Waals surface area contributed by atoms with Gasteiger partial charge in [-0.25, -0.2) is 0 Å². The summed E-state index contributed by atoms with van der Waals surface area (Å²) < 4.78 is 0. The molecule has 0 saturated carbocycles. The van der Waals surface area contributed by atoms with Gasteiger partial charge in [-0.15, -0.1) is 11.6 Å². The molecule has 62 valence electrons. The van der Waals surface area contributed by atoms with Gasteiger partial charge in [-0.3, -0.25) is 4.79 Å². The molecular formula is C9H9N2ORb. The third-order valence-corrected chi connectivity index (χ3v) is 1.95. The average Bonchev–Trinajstić information content (AvgIpc) is 2.12. The van der Waals surface area contributed by atoms with Crippen LogP contribution in [0, 0.1) is 6.54 Å². The summed E-state index contributed by atoms with van der Waals surface area (Å²) in [5, 5.41) is 2.65. The second-order valence-electron chi connectivity index (χ2n) is 2.71. The van der Waals surface area contributed by atoms with Gasteiger partial charge in [0.25, 0.3) is 0 Å². The monoisotopic (exact) mass is 246 g/mol. The Hall–Kier alpha value is 0.165. The molecule has 1 heterocycles. The average molecular weight is 247 g/mol. The van der Waals surface area contributed by atoms with Crippen molar-refractivity contribution in [2.24, 2.45) is 0 Å². The van der Waals surface area contributed by atoms with E-state index in [1.54, 1.807) is 18.5 Å². The number of nitrogens with one attached hydrogen (secondary N) is 1. The second kappa shape index (κ2) is 4.60. The molecule has 2 rings (SSSR count). The summed E-state index contributed by atoms with van der Waals surface area (Å²) in [5.41, 5.74) is 1.99. The first kappa shape index (κ1) is 11.2. The van der Waals surface area contributed by atoms with E-state index in [0.717, 1.165) is 11.3 Å². The molecule has 0 aromatic heterocycles. The van der Waals surface area contributed by atoms with Gasteiger partial charge in [0, 0.05) is 7.05 Å². The van der Waals surface area contributed by atoms with Crippen molar-refractivity contribution in [3.8, 4) is 0 Å². The molecule has 0 spiro atoms. The van der Waals surface area contributed by atoms with Crippen molar-refractivity contribution in [2.75, 3.05) is 11.9 Å². The largest absolute Gasteiger partial charge is 1.00 e. The molecule has 0 bridgehead atoms.